The second-order valence-electron chi connectivity index (χ2n) is 6.89. The van der Waals surface area contributed by atoms with Crippen LogP contribution in [0.1, 0.15) is 44.1 Å². The first-order chi connectivity index (χ1) is 11.2. The van der Waals surface area contributed by atoms with E-state index in [9.17, 15) is 9.59 Å². The fourth-order valence-electron chi connectivity index (χ4n) is 3.82. The van der Waals surface area contributed by atoms with E-state index < -0.39 is 0 Å². The highest BCUT2D eigenvalue weighted by molar-refractivity contribution is 5.83. The molecule has 124 valence electrons. The predicted octanol–water partition coefficient (Wildman–Crippen LogP) is 2.43. The molecule has 1 aliphatic heterocycles. The molecule has 1 saturated carbocycles. The summed E-state index contributed by atoms with van der Waals surface area (Å²) in [4.78, 5) is 23.7. The summed E-state index contributed by atoms with van der Waals surface area (Å²) in [5, 5.41) is 6.09. The number of carbonyl (C=O) groups is 2. The van der Waals surface area contributed by atoms with Crippen LogP contribution in [0.3, 0.4) is 0 Å². The zero-order valence-electron chi connectivity index (χ0n) is 13.6. The number of amides is 2. The predicted molar refractivity (Wildman–Crippen MR) is 89.8 cm³/mol. The molecule has 2 amide bonds. The van der Waals surface area contributed by atoms with Crippen LogP contribution in [-0.2, 0) is 16.0 Å². The number of hydrogen-bond donors (Lipinski definition) is 2. The van der Waals surface area contributed by atoms with E-state index in [1.54, 1.807) is 0 Å². The van der Waals surface area contributed by atoms with E-state index in [0.29, 0.717) is 25.3 Å². The molecule has 1 saturated heterocycles. The Morgan fingerprint density at radius 1 is 1.13 bits per heavy atom. The topological polar surface area (TPSA) is 58.2 Å². The van der Waals surface area contributed by atoms with E-state index in [-0.39, 0.29) is 23.8 Å². The molecule has 3 rings (SSSR count). The van der Waals surface area contributed by atoms with Crippen LogP contribution in [0, 0.1) is 11.8 Å². The largest absolute Gasteiger partial charge is 0.355 e. The molecule has 0 aromatic heterocycles. The van der Waals surface area contributed by atoms with Gasteiger partial charge < -0.3 is 10.6 Å². The molecule has 0 unspecified atom stereocenters. The summed E-state index contributed by atoms with van der Waals surface area (Å²) in [6.45, 7) is 0.487. The van der Waals surface area contributed by atoms with Crippen LogP contribution in [0.15, 0.2) is 30.3 Å². The Kier molecular flexibility index (Phi) is 5.31. The number of benzene rings is 1. The third kappa shape index (κ3) is 4.34. The van der Waals surface area contributed by atoms with Crippen LogP contribution in [-0.4, -0.2) is 24.4 Å². The van der Waals surface area contributed by atoms with Crippen LogP contribution in [0.25, 0.3) is 0 Å². The van der Waals surface area contributed by atoms with Gasteiger partial charge in [-0.2, -0.15) is 0 Å². The standard InChI is InChI=1S/C19H26N2O2/c22-18-11-10-16(13-20-18)19(23)21-17-9-5-4-8-15(17)12-14-6-2-1-3-7-14/h1-3,6-7,15-17H,4-5,8-13H2,(H,20,22)(H,21,23)/t15-,16+,17+/m1/s1. The monoisotopic (exact) mass is 314 g/mol. The van der Waals surface area contributed by atoms with Crippen molar-refractivity contribution in [2.75, 3.05) is 6.54 Å². The Hall–Kier alpha value is -1.84. The summed E-state index contributed by atoms with van der Waals surface area (Å²) < 4.78 is 0. The second kappa shape index (κ2) is 7.62. The first-order valence-electron chi connectivity index (χ1n) is 8.83. The van der Waals surface area contributed by atoms with Gasteiger partial charge in [-0.05, 0) is 37.2 Å². The van der Waals surface area contributed by atoms with E-state index >= 15 is 0 Å². The Morgan fingerprint density at radius 2 is 1.91 bits per heavy atom. The van der Waals surface area contributed by atoms with Crippen molar-refractivity contribution in [1.82, 2.24) is 10.6 Å². The number of hydrogen-bond acceptors (Lipinski definition) is 2. The highest BCUT2D eigenvalue weighted by Crippen LogP contribution is 2.28. The molecule has 0 spiro atoms. The molecule has 0 bridgehead atoms. The molecule has 2 aliphatic rings. The summed E-state index contributed by atoms with van der Waals surface area (Å²) in [6.07, 6.45) is 6.88. The van der Waals surface area contributed by atoms with Gasteiger partial charge in [0.15, 0.2) is 0 Å². The third-order valence-corrected chi connectivity index (χ3v) is 5.21. The Bertz CT molecular complexity index is 534. The molecule has 2 N–H and O–H groups in total. The minimum Gasteiger partial charge on any atom is -0.355 e. The van der Waals surface area contributed by atoms with Crippen LogP contribution in [0.5, 0.6) is 0 Å². The molecular formula is C19H26N2O2. The summed E-state index contributed by atoms with van der Waals surface area (Å²) >= 11 is 0. The SMILES string of the molecule is O=C1CC[C@H](C(=O)N[C@H]2CCCC[C@@H]2Cc2ccccc2)CN1. The average Bonchev–Trinajstić information content (AvgIpc) is 2.58. The average molecular weight is 314 g/mol. The Labute approximate surface area is 138 Å². The van der Waals surface area contributed by atoms with Gasteiger partial charge in [0.1, 0.15) is 0 Å². The Morgan fingerprint density at radius 3 is 2.65 bits per heavy atom. The molecular weight excluding hydrogens is 288 g/mol. The van der Waals surface area contributed by atoms with E-state index in [4.69, 9.17) is 0 Å². The van der Waals surface area contributed by atoms with Crippen molar-refractivity contribution in [1.29, 1.82) is 0 Å². The van der Waals surface area contributed by atoms with E-state index in [1.165, 1.54) is 24.8 Å². The Balaban J connectivity index is 1.58. The lowest BCUT2D eigenvalue weighted by Crippen LogP contribution is -2.49. The van der Waals surface area contributed by atoms with Crippen molar-refractivity contribution >= 4 is 11.8 Å². The normalized spacial score (nSPS) is 28.0. The highest BCUT2D eigenvalue weighted by Gasteiger charge is 2.30. The van der Waals surface area contributed by atoms with E-state index in [2.05, 4.69) is 34.9 Å². The van der Waals surface area contributed by atoms with Gasteiger partial charge in [0.2, 0.25) is 11.8 Å². The smallest absolute Gasteiger partial charge is 0.225 e. The molecule has 1 aliphatic carbocycles. The van der Waals surface area contributed by atoms with E-state index in [1.807, 2.05) is 6.07 Å². The lowest BCUT2D eigenvalue weighted by Gasteiger charge is -2.34. The van der Waals surface area contributed by atoms with Gasteiger partial charge in [-0.3, -0.25) is 9.59 Å². The fraction of sp³-hybridized carbons (Fsp3) is 0.579. The summed E-state index contributed by atoms with van der Waals surface area (Å²) in [7, 11) is 0. The first kappa shape index (κ1) is 16.0. The van der Waals surface area contributed by atoms with Gasteiger partial charge in [-0.1, -0.05) is 43.2 Å². The first-order valence-corrected chi connectivity index (χ1v) is 8.83. The van der Waals surface area contributed by atoms with Gasteiger partial charge in [0, 0.05) is 19.0 Å². The molecule has 1 heterocycles. The van der Waals surface area contributed by atoms with E-state index in [0.717, 1.165) is 12.8 Å². The maximum absolute atomic E-state index is 12.5. The maximum Gasteiger partial charge on any atom is 0.225 e. The third-order valence-electron chi connectivity index (χ3n) is 5.21. The fourth-order valence-corrected chi connectivity index (χ4v) is 3.82. The molecule has 2 fully saturated rings. The number of carbonyl (C=O) groups excluding carboxylic acids is 2. The van der Waals surface area contributed by atoms with Crippen molar-refractivity contribution in [3.8, 4) is 0 Å². The van der Waals surface area contributed by atoms with Crippen LogP contribution in [0.2, 0.25) is 0 Å². The van der Waals surface area contributed by atoms with Gasteiger partial charge >= 0.3 is 0 Å². The molecule has 0 radical (unpaired) electrons. The van der Waals surface area contributed by atoms with Crippen molar-refractivity contribution in [2.45, 2.75) is 51.0 Å². The lowest BCUT2D eigenvalue weighted by atomic mass is 9.80. The summed E-state index contributed by atoms with van der Waals surface area (Å²) in [5.41, 5.74) is 1.35. The van der Waals surface area contributed by atoms with Crippen molar-refractivity contribution in [3.63, 3.8) is 0 Å². The van der Waals surface area contributed by atoms with Crippen LogP contribution in [0.4, 0.5) is 0 Å². The van der Waals surface area contributed by atoms with Crippen molar-refractivity contribution in [3.05, 3.63) is 35.9 Å². The number of nitrogens with one attached hydrogen (secondary N) is 2. The van der Waals surface area contributed by atoms with Gasteiger partial charge in [0.25, 0.3) is 0 Å². The highest BCUT2D eigenvalue weighted by atomic mass is 16.2. The van der Waals surface area contributed by atoms with Crippen LogP contribution < -0.4 is 10.6 Å². The second-order valence-corrected chi connectivity index (χ2v) is 6.89. The van der Waals surface area contributed by atoms with Gasteiger partial charge in [0.05, 0.1) is 5.92 Å². The minimum atomic E-state index is -0.0630. The number of piperidine rings is 1. The molecule has 1 aromatic carbocycles. The molecule has 23 heavy (non-hydrogen) atoms. The van der Waals surface area contributed by atoms with Crippen LogP contribution >= 0.6 is 0 Å². The maximum atomic E-state index is 12.5. The molecule has 3 atom stereocenters. The zero-order chi connectivity index (χ0) is 16.1. The zero-order valence-corrected chi connectivity index (χ0v) is 13.6. The van der Waals surface area contributed by atoms with Gasteiger partial charge in [-0.25, -0.2) is 0 Å². The minimum absolute atomic E-state index is 0.0630. The van der Waals surface area contributed by atoms with Gasteiger partial charge in [-0.15, -0.1) is 0 Å². The molecule has 4 nitrogen and oxygen atoms in total. The van der Waals surface area contributed by atoms with Crippen molar-refractivity contribution < 1.29 is 9.59 Å². The summed E-state index contributed by atoms with van der Waals surface area (Å²) in [6, 6.07) is 10.8. The molecule has 4 heteroatoms. The van der Waals surface area contributed by atoms with Crippen molar-refractivity contribution in [2.24, 2.45) is 11.8 Å². The quantitative estimate of drug-likeness (QED) is 0.897. The molecule has 1 aromatic rings. The number of rotatable bonds is 4. The summed E-state index contributed by atoms with van der Waals surface area (Å²) in [5.74, 6) is 0.643. The lowest BCUT2D eigenvalue weighted by molar-refractivity contribution is -0.129.